The number of carbonyl (C=O) groups excluding carboxylic acids is 1. The van der Waals surface area contributed by atoms with Crippen molar-refractivity contribution in [3.05, 3.63) is 40.0 Å². The number of hydrogen-bond acceptors (Lipinski definition) is 5. The molecule has 136 valence electrons. The number of rotatable bonds is 5. The number of hydrogen-bond donors (Lipinski definition) is 1. The average Bonchev–Trinajstić information content (AvgIpc) is 3.05. The smallest absolute Gasteiger partial charge is 0.345 e. The van der Waals surface area contributed by atoms with Gasteiger partial charge in [0.05, 0.1) is 12.8 Å². The first-order chi connectivity index (χ1) is 12.0. The Labute approximate surface area is 146 Å². The molecule has 1 aliphatic heterocycles. The molecule has 3 heterocycles. The lowest BCUT2D eigenvalue weighted by atomic mass is 10.1. The predicted octanol–water partition coefficient (Wildman–Crippen LogP) is 0.643. The average molecular weight is 347 g/mol. The fourth-order valence-corrected chi connectivity index (χ4v) is 3.07. The first kappa shape index (κ1) is 17.5. The highest BCUT2D eigenvalue weighted by atomic mass is 16.3. The second kappa shape index (κ2) is 7.26. The van der Waals surface area contributed by atoms with Gasteiger partial charge in [-0.15, -0.1) is 0 Å². The van der Waals surface area contributed by atoms with Gasteiger partial charge in [0.1, 0.15) is 5.82 Å². The Morgan fingerprint density at radius 1 is 1.44 bits per heavy atom. The number of aromatic nitrogens is 3. The van der Waals surface area contributed by atoms with Crippen molar-refractivity contribution in [2.24, 2.45) is 0 Å². The van der Waals surface area contributed by atoms with E-state index in [0.717, 1.165) is 24.4 Å². The van der Waals surface area contributed by atoms with Crippen molar-refractivity contribution in [3.8, 4) is 0 Å². The van der Waals surface area contributed by atoms with Gasteiger partial charge in [-0.25, -0.2) is 9.48 Å². The summed E-state index contributed by atoms with van der Waals surface area (Å²) in [5, 5.41) is 7.48. The highest BCUT2D eigenvalue weighted by Gasteiger charge is 2.23. The van der Waals surface area contributed by atoms with Crippen LogP contribution in [0, 0.1) is 6.92 Å². The van der Waals surface area contributed by atoms with E-state index >= 15 is 0 Å². The Bertz CT molecular complexity index is 802. The maximum atomic E-state index is 12.5. The second-order valence-corrected chi connectivity index (χ2v) is 6.81. The molecular formula is C17H25N5O3. The topological polar surface area (TPSA) is 85.3 Å². The van der Waals surface area contributed by atoms with Crippen molar-refractivity contribution in [2.75, 3.05) is 20.6 Å². The van der Waals surface area contributed by atoms with E-state index in [2.05, 4.69) is 10.4 Å². The zero-order valence-electron chi connectivity index (χ0n) is 15.0. The molecule has 1 N–H and O–H groups in total. The van der Waals surface area contributed by atoms with E-state index in [1.54, 1.807) is 15.3 Å². The van der Waals surface area contributed by atoms with Crippen molar-refractivity contribution >= 4 is 5.91 Å². The third kappa shape index (κ3) is 3.84. The molecule has 1 amide bonds. The molecule has 0 aromatic carbocycles. The summed E-state index contributed by atoms with van der Waals surface area (Å²) in [5.74, 6) is 0.957. The van der Waals surface area contributed by atoms with Crippen LogP contribution in [-0.2, 0) is 19.5 Å². The molecule has 2 aromatic rings. The minimum Gasteiger partial charge on any atom is -0.459 e. The molecule has 0 saturated heterocycles. The molecule has 0 fully saturated rings. The lowest BCUT2D eigenvalue weighted by molar-refractivity contribution is 0.0904. The Hall–Kier alpha value is -2.35. The van der Waals surface area contributed by atoms with E-state index in [0.29, 0.717) is 31.7 Å². The van der Waals surface area contributed by atoms with Gasteiger partial charge in [-0.2, -0.15) is 5.10 Å². The van der Waals surface area contributed by atoms with Gasteiger partial charge in [-0.05, 0) is 39.9 Å². The summed E-state index contributed by atoms with van der Waals surface area (Å²) >= 11 is 0. The van der Waals surface area contributed by atoms with E-state index in [1.807, 2.05) is 25.9 Å². The maximum Gasteiger partial charge on any atom is 0.345 e. The number of carbonyl (C=O) groups is 1. The Morgan fingerprint density at radius 3 is 2.92 bits per heavy atom. The molecule has 25 heavy (non-hydrogen) atoms. The molecule has 2 aromatic heterocycles. The van der Waals surface area contributed by atoms with Gasteiger partial charge >= 0.3 is 5.69 Å². The molecule has 8 heteroatoms. The lowest BCUT2D eigenvalue weighted by Crippen LogP contribution is -2.36. The molecule has 3 rings (SSSR count). The molecular weight excluding hydrogens is 322 g/mol. The number of likely N-dealkylation sites (N-methyl/N-ethyl adjacent to an activating group) is 1. The fraction of sp³-hybridized carbons (Fsp3) is 0.588. The van der Waals surface area contributed by atoms with Crippen LogP contribution >= 0.6 is 0 Å². The van der Waals surface area contributed by atoms with Crippen molar-refractivity contribution in [1.82, 2.24) is 24.6 Å². The van der Waals surface area contributed by atoms with Crippen molar-refractivity contribution in [2.45, 2.75) is 45.3 Å². The number of nitrogens with zero attached hydrogens (tertiary/aromatic N) is 4. The Balaban J connectivity index is 1.64. The minimum absolute atomic E-state index is 0.00771. The molecule has 1 unspecified atom stereocenters. The predicted molar refractivity (Wildman–Crippen MR) is 92.7 cm³/mol. The SMILES string of the molecule is Cc1ccoc1C(=O)NC1CCc2nn(CCN(C)C)c(=O)n2CC1. The van der Waals surface area contributed by atoms with Gasteiger partial charge in [0.25, 0.3) is 5.91 Å². The lowest BCUT2D eigenvalue weighted by Gasteiger charge is -2.15. The van der Waals surface area contributed by atoms with E-state index in [9.17, 15) is 9.59 Å². The summed E-state index contributed by atoms with van der Waals surface area (Å²) in [7, 11) is 3.94. The van der Waals surface area contributed by atoms with Crippen LogP contribution in [0.5, 0.6) is 0 Å². The van der Waals surface area contributed by atoms with E-state index in [4.69, 9.17) is 4.42 Å². The van der Waals surface area contributed by atoms with Crippen LogP contribution in [0.4, 0.5) is 0 Å². The second-order valence-electron chi connectivity index (χ2n) is 6.81. The van der Waals surface area contributed by atoms with Gasteiger partial charge in [0.15, 0.2) is 5.76 Å². The van der Waals surface area contributed by atoms with E-state index < -0.39 is 0 Å². The number of fused-ring (bicyclic) bond motifs is 1. The first-order valence-corrected chi connectivity index (χ1v) is 8.62. The largest absolute Gasteiger partial charge is 0.459 e. The fourth-order valence-electron chi connectivity index (χ4n) is 3.07. The molecule has 1 atom stereocenters. The van der Waals surface area contributed by atoms with Gasteiger partial charge < -0.3 is 14.6 Å². The van der Waals surface area contributed by atoms with Gasteiger partial charge in [0.2, 0.25) is 0 Å². The van der Waals surface area contributed by atoms with Crippen LogP contribution in [0.15, 0.2) is 21.5 Å². The van der Waals surface area contributed by atoms with Crippen LogP contribution in [0.1, 0.15) is 34.8 Å². The van der Waals surface area contributed by atoms with Crippen LogP contribution in [0.25, 0.3) is 0 Å². The zero-order valence-corrected chi connectivity index (χ0v) is 15.0. The minimum atomic E-state index is -0.199. The van der Waals surface area contributed by atoms with Crippen molar-refractivity contribution < 1.29 is 9.21 Å². The maximum absolute atomic E-state index is 12.5. The molecule has 0 spiro atoms. The van der Waals surface area contributed by atoms with Crippen molar-refractivity contribution in [1.29, 1.82) is 0 Å². The quantitative estimate of drug-likeness (QED) is 0.858. The summed E-state index contributed by atoms with van der Waals surface area (Å²) in [5.41, 5.74) is 0.758. The van der Waals surface area contributed by atoms with E-state index in [1.165, 1.54) is 6.26 Å². The molecule has 0 bridgehead atoms. The van der Waals surface area contributed by atoms with Gasteiger partial charge in [-0.1, -0.05) is 0 Å². The molecule has 0 aliphatic carbocycles. The highest BCUT2D eigenvalue weighted by molar-refractivity contribution is 5.92. The molecule has 0 radical (unpaired) electrons. The van der Waals surface area contributed by atoms with Crippen LogP contribution < -0.4 is 11.0 Å². The Morgan fingerprint density at radius 2 is 2.24 bits per heavy atom. The summed E-state index contributed by atoms with van der Waals surface area (Å²) < 4.78 is 8.52. The van der Waals surface area contributed by atoms with Gasteiger partial charge in [0, 0.05) is 31.1 Å². The highest BCUT2D eigenvalue weighted by Crippen LogP contribution is 2.14. The summed E-state index contributed by atoms with van der Waals surface area (Å²) in [6, 6.07) is 1.78. The monoisotopic (exact) mass is 347 g/mol. The Kier molecular flexibility index (Phi) is 5.08. The summed E-state index contributed by atoms with van der Waals surface area (Å²) in [6.45, 7) is 3.77. The zero-order chi connectivity index (χ0) is 18.0. The van der Waals surface area contributed by atoms with Crippen LogP contribution in [0.3, 0.4) is 0 Å². The number of furan rings is 1. The van der Waals surface area contributed by atoms with Crippen molar-refractivity contribution in [3.63, 3.8) is 0 Å². The number of amides is 1. The first-order valence-electron chi connectivity index (χ1n) is 8.62. The van der Waals surface area contributed by atoms with Crippen LogP contribution in [0.2, 0.25) is 0 Å². The summed E-state index contributed by atoms with van der Waals surface area (Å²) in [6.07, 6.45) is 3.66. The number of aryl methyl sites for hydroxylation is 2. The molecule has 1 aliphatic rings. The number of nitrogens with one attached hydrogen (secondary N) is 1. The third-order valence-corrected chi connectivity index (χ3v) is 4.58. The van der Waals surface area contributed by atoms with E-state index in [-0.39, 0.29) is 17.6 Å². The van der Waals surface area contributed by atoms with Crippen LogP contribution in [-0.4, -0.2) is 51.8 Å². The standard InChI is InChI=1S/C17H25N5O3/c1-12-7-11-25-15(12)16(23)18-13-4-5-14-19-22(10-9-20(2)3)17(24)21(14)8-6-13/h7,11,13H,4-6,8-10H2,1-3H3,(H,18,23). The van der Waals surface area contributed by atoms with Gasteiger partial charge in [-0.3, -0.25) is 9.36 Å². The molecule has 0 saturated carbocycles. The normalized spacial score (nSPS) is 17.4. The molecule has 8 nitrogen and oxygen atoms in total. The third-order valence-electron chi connectivity index (χ3n) is 4.58. The summed E-state index contributed by atoms with van der Waals surface area (Å²) in [4.78, 5) is 26.8.